The SMILES string of the molecule is C.C.CCOC(C)Oc1ccc(C(C)=O)cc1I.CCOC(C)Oc1ccc(C(C)O)cc1I.[B].[H-].[Na+]. The molecule has 3 unspecified atom stereocenters. The zero-order valence-electron chi connectivity index (χ0n) is 21.9. The van der Waals surface area contributed by atoms with Crippen molar-refractivity contribution >= 4 is 59.4 Å². The molecule has 0 bridgehead atoms. The summed E-state index contributed by atoms with van der Waals surface area (Å²) in [5.41, 5.74) is 1.58. The van der Waals surface area contributed by atoms with Crippen molar-refractivity contribution in [3.05, 3.63) is 54.7 Å². The second-order valence-corrected chi connectivity index (χ2v) is 9.17. The Morgan fingerprint density at radius 2 is 1.31 bits per heavy atom. The molecule has 0 amide bonds. The van der Waals surface area contributed by atoms with E-state index in [1.165, 1.54) is 0 Å². The number of ether oxygens (including phenoxy) is 4. The molecule has 6 nitrogen and oxygen atoms in total. The van der Waals surface area contributed by atoms with Gasteiger partial charge in [0.1, 0.15) is 11.5 Å². The number of halogens is 2. The van der Waals surface area contributed by atoms with E-state index in [-0.39, 0.29) is 72.6 Å². The molecule has 10 heteroatoms. The Kier molecular flexibility index (Phi) is 27.6. The number of rotatable bonds is 10. The van der Waals surface area contributed by atoms with E-state index < -0.39 is 6.10 Å². The van der Waals surface area contributed by atoms with Crippen LogP contribution in [-0.4, -0.2) is 45.1 Å². The summed E-state index contributed by atoms with van der Waals surface area (Å²) in [6.07, 6.45) is -0.982. The second-order valence-electron chi connectivity index (χ2n) is 6.85. The maximum Gasteiger partial charge on any atom is 1.00 e. The van der Waals surface area contributed by atoms with Gasteiger partial charge in [-0.3, -0.25) is 4.79 Å². The maximum absolute atomic E-state index is 11.2. The Labute approximate surface area is 271 Å². The molecule has 2 rings (SSSR count). The third kappa shape index (κ3) is 16.2. The van der Waals surface area contributed by atoms with Crippen molar-refractivity contribution < 1.29 is 59.8 Å². The molecule has 3 radical (unpaired) electrons. The zero-order valence-corrected chi connectivity index (χ0v) is 27.2. The minimum Gasteiger partial charge on any atom is -1.00 e. The quantitative estimate of drug-likeness (QED) is 0.169. The van der Waals surface area contributed by atoms with Gasteiger partial charge in [0, 0.05) is 27.2 Å². The molecule has 3 atom stereocenters. The van der Waals surface area contributed by atoms with Crippen LogP contribution in [-0.2, 0) is 9.47 Å². The standard InChI is InChI=1S/C12H17IO3.C12H15IO3.2CH4.B.Na.H/c2*1-4-15-9(3)16-12-6-5-10(8(2)14)7-11(12)13;;;;;/h5-9,14H,4H2,1-3H3;5-7,9H,4H2,1-3H3;2*1H4;;;/q;;;;;+1;-1. The van der Waals surface area contributed by atoms with Crippen molar-refractivity contribution in [1.82, 2.24) is 0 Å². The van der Waals surface area contributed by atoms with Crippen LogP contribution < -0.4 is 39.0 Å². The number of benzene rings is 2. The first-order valence-corrected chi connectivity index (χ1v) is 12.6. The van der Waals surface area contributed by atoms with Gasteiger partial charge >= 0.3 is 29.6 Å². The molecule has 0 aliphatic rings. The molecule has 1 N–H and O–H groups in total. The molecular formula is C26H41BI2NaO6. The third-order valence-corrected chi connectivity index (χ3v) is 5.85. The van der Waals surface area contributed by atoms with Crippen molar-refractivity contribution in [1.29, 1.82) is 0 Å². The Balaban J connectivity index is -0.000000163. The van der Waals surface area contributed by atoms with Crippen LogP contribution in [0.1, 0.15) is 79.8 Å². The smallest absolute Gasteiger partial charge is 1.00 e. The maximum atomic E-state index is 11.2. The van der Waals surface area contributed by atoms with Gasteiger partial charge in [0.25, 0.3) is 0 Å². The number of hydrogen-bond acceptors (Lipinski definition) is 6. The van der Waals surface area contributed by atoms with E-state index in [0.717, 1.165) is 24.2 Å². The summed E-state index contributed by atoms with van der Waals surface area (Å²) in [4.78, 5) is 11.2. The summed E-state index contributed by atoms with van der Waals surface area (Å²) in [6, 6.07) is 11.0. The molecule has 36 heavy (non-hydrogen) atoms. The fraction of sp³-hybridized carbons (Fsp3) is 0.500. The molecule has 2 aromatic carbocycles. The van der Waals surface area contributed by atoms with Crippen molar-refractivity contribution in [2.75, 3.05) is 13.2 Å². The Bertz CT molecular complexity index is 877. The molecule has 0 saturated carbocycles. The molecule has 0 fully saturated rings. The number of hydrogen-bond donors (Lipinski definition) is 1. The van der Waals surface area contributed by atoms with E-state index >= 15 is 0 Å². The molecule has 0 aromatic heterocycles. The van der Waals surface area contributed by atoms with Gasteiger partial charge in [0.2, 0.25) is 0 Å². The first-order valence-electron chi connectivity index (χ1n) is 10.4. The van der Waals surface area contributed by atoms with Gasteiger partial charge in [-0.25, -0.2) is 0 Å². The Hall–Kier alpha value is 0.115. The monoisotopic (exact) mass is 737 g/mol. The largest absolute Gasteiger partial charge is 1.00 e. The minimum absolute atomic E-state index is 0. The average molecular weight is 737 g/mol. The fourth-order valence-corrected chi connectivity index (χ4v) is 3.89. The molecule has 0 spiro atoms. The van der Waals surface area contributed by atoms with Crippen LogP contribution in [0.2, 0.25) is 0 Å². The predicted octanol–water partition coefficient (Wildman–Crippen LogP) is 4.37. The van der Waals surface area contributed by atoms with Gasteiger partial charge in [-0.05, 0) is 123 Å². The van der Waals surface area contributed by atoms with E-state index in [1.807, 2.05) is 52.0 Å². The van der Waals surface area contributed by atoms with Gasteiger partial charge in [-0.1, -0.05) is 20.9 Å². The summed E-state index contributed by atoms with van der Waals surface area (Å²) < 4.78 is 23.7. The topological polar surface area (TPSA) is 74.2 Å². The number of Topliss-reactive ketones (excluding diaryl/α,β-unsaturated/α-hetero) is 1. The van der Waals surface area contributed by atoms with Crippen LogP contribution in [0.3, 0.4) is 0 Å². The van der Waals surface area contributed by atoms with Crippen LogP contribution >= 0.6 is 45.2 Å². The number of carbonyl (C=O) groups excluding carboxylic acids is 1. The van der Waals surface area contributed by atoms with Gasteiger partial charge < -0.3 is 25.5 Å². The van der Waals surface area contributed by atoms with Gasteiger partial charge in [0.05, 0.1) is 13.2 Å². The Morgan fingerprint density at radius 3 is 1.64 bits per heavy atom. The summed E-state index contributed by atoms with van der Waals surface area (Å²) in [5.74, 6) is 1.58. The number of ketones is 1. The summed E-state index contributed by atoms with van der Waals surface area (Å²) in [5, 5.41) is 9.44. The second kappa shape index (κ2) is 23.0. The summed E-state index contributed by atoms with van der Waals surface area (Å²) >= 11 is 4.34. The van der Waals surface area contributed by atoms with Crippen LogP contribution in [0, 0.1) is 7.14 Å². The number of aliphatic hydroxyl groups is 1. The van der Waals surface area contributed by atoms with Crippen LogP contribution in [0.5, 0.6) is 11.5 Å². The van der Waals surface area contributed by atoms with E-state index in [0.29, 0.717) is 18.8 Å². The minimum atomic E-state index is -0.452. The predicted molar refractivity (Wildman–Crippen MR) is 163 cm³/mol. The molecular weight excluding hydrogens is 696 g/mol. The van der Waals surface area contributed by atoms with E-state index in [9.17, 15) is 9.90 Å². The molecule has 0 heterocycles. The van der Waals surface area contributed by atoms with Gasteiger partial charge in [-0.15, -0.1) is 0 Å². The number of carbonyl (C=O) groups is 1. The van der Waals surface area contributed by atoms with Gasteiger partial charge in [-0.2, -0.15) is 0 Å². The van der Waals surface area contributed by atoms with Crippen LogP contribution in [0.25, 0.3) is 0 Å². The molecule has 0 saturated heterocycles. The van der Waals surface area contributed by atoms with Crippen molar-refractivity contribution in [3.63, 3.8) is 0 Å². The fourth-order valence-electron chi connectivity index (χ4n) is 2.58. The third-order valence-electron chi connectivity index (χ3n) is 4.17. The molecule has 0 aliphatic heterocycles. The van der Waals surface area contributed by atoms with Crippen LogP contribution in [0.15, 0.2) is 36.4 Å². The molecule has 199 valence electrons. The summed E-state index contributed by atoms with van der Waals surface area (Å²) in [7, 11) is 0. The zero-order chi connectivity index (χ0) is 24.3. The Morgan fingerprint density at radius 1 is 0.889 bits per heavy atom. The van der Waals surface area contributed by atoms with Crippen LogP contribution in [0.4, 0.5) is 0 Å². The van der Waals surface area contributed by atoms with E-state index in [4.69, 9.17) is 18.9 Å². The summed E-state index contributed by atoms with van der Waals surface area (Å²) in [6.45, 7) is 12.1. The van der Waals surface area contributed by atoms with E-state index in [2.05, 4.69) is 45.2 Å². The van der Waals surface area contributed by atoms with E-state index in [1.54, 1.807) is 26.0 Å². The van der Waals surface area contributed by atoms with Gasteiger partial charge in [0.15, 0.2) is 18.4 Å². The number of aliphatic hydroxyl groups excluding tert-OH is 1. The van der Waals surface area contributed by atoms with Crippen molar-refractivity contribution in [2.24, 2.45) is 0 Å². The molecule has 0 aliphatic carbocycles. The average Bonchev–Trinajstić information content (AvgIpc) is 2.71. The van der Waals surface area contributed by atoms with Crippen molar-refractivity contribution in [2.45, 2.75) is 75.1 Å². The first-order chi connectivity index (χ1) is 15.1. The van der Waals surface area contributed by atoms with Crippen molar-refractivity contribution in [3.8, 4) is 11.5 Å². The first kappa shape index (κ1) is 43.2. The normalized spacial score (nSPS) is 11.9. The molecule has 2 aromatic rings.